The van der Waals surface area contributed by atoms with Crippen molar-refractivity contribution in [2.45, 2.75) is 0 Å². The predicted molar refractivity (Wildman–Crippen MR) is 163 cm³/mol. The monoisotopic (exact) mass is 687 g/mol. The van der Waals surface area contributed by atoms with Crippen LogP contribution in [0.15, 0.2) is 24.0 Å². The number of carbonyl (C=O) groups is 6. The van der Waals surface area contributed by atoms with Crippen molar-refractivity contribution in [3.63, 3.8) is 0 Å². The zero-order valence-corrected chi connectivity index (χ0v) is 26.9. The molecule has 0 aromatic carbocycles. The Bertz CT molecular complexity index is 1080. The number of hydrogen-bond acceptors (Lipinski definition) is 15. The number of nitrogens with zero attached hydrogens (tertiary/aromatic N) is 2. The molecule has 48 heavy (non-hydrogen) atoms. The zero-order valence-electron chi connectivity index (χ0n) is 26.9. The van der Waals surface area contributed by atoms with Crippen LogP contribution in [0.3, 0.4) is 0 Å². The van der Waals surface area contributed by atoms with Crippen LogP contribution in [0.1, 0.15) is 0 Å². The summed E-state index contributed by atoms with van der Waals surface area (Å²) in [6.45, 7) is 3.81. The molecule has 0 spiro atoms. The summed E-state index contributed by atoms with van der Waals surface area (Å²) in [4.78, 5) is 72.9. The predicted octanol–water partition coefficient (Wildman–Crippen LogP) is -3.55. The molecule has 19 nitrogen and oxygen atoms in total. The third kappa shape index (κ3) is 17.4. The van der Waals surface area contributed by atoms with Crippen molar-refractivity contribution in [3.8, 4) is 0 Å². The molecule has 0 saturated heterocycles. The van der Waals surface area contributed by atoms with E-state index in [9.17, 15) is 28.8 Å². The van der Waals surface area contributed by atoms with Crippen LogP contribution in [0.2, 0.25) is 0 Å². The molecule has 0 atom stereocenters. The molecular formula is C29H45N5O14. The van der Waals surface area contributed by atoms with Crippen LogP contribution in [0.5, 0.6) is 0 Å². The molecule has 2 aliphatic rings. The lowest BCUT2D eigenvalue weighted by Crippen LogP contribution is -2.42. The lowest BCUT2D eigenvalue weighted by molar-refractivity contribution is -0.143. The van der Waals surface area contributed by atoms with Gasteiger partial charge in [0.15, 0.2) is 5.76 Å². The molecule has 2 rings (SSSR count). The molecule has 19 heteroatoms. The lowest BCUT2D eigenvalue weighted by Gasteiger charge is -2.15. The highest BCUT2D eigenvalue weighted by atomic mass is 16.6. The first-order valence-corrected chi connectivity index (χ1v) is 15.3. The average Bonchev–Trinajstić information content (AvgIpc) is 3.52. The van der Waals surface area contributed by atoms with Crippen LogP contribution in [0, 0.1) is 0 Å². The van der Waals surface area contributed by atoms with E-state index in [1.165, 1.54) is 0 Å². The Morgan fingerprint density at radius 2 is 0.938 bits per heavy atom. The maximum absolute atomic E-state index is 12.4. The second kappa shape index (κ2) is 25.2. The van der Waals surface area contributed by atoms with Crippen molar-refractivity contribution < 1.29 is 66.7 Å². The summed E-state index contributed by atoms with van der Waals surface area (Å²) >= 11 is 0. The van der Waals surface area contributed by atoms with Gasteiger partial charge in [0.2, 0.25) is 11.8 Å². The number of amides is 6. The molecule has 2 aliphatic heterocycles. The van der Waals surface area contributed by atoms with Crippen LogP contribution in [-0.4, -0.2) is 171 Å². The molecule has 0 unspecified atom stereocenters. The molecular weight excluding hydrogens is 642 g/mol. The first kappa shape index (κ1) is 40.4. The van der Waals surface area contributed by atoms with Crippen molar-refractivity contribution in [3.05, 3.63) is 24.0 Å². The summed E-state index contributed by atoms with van der Waals surface area (Å²) < 4.78 is 42.3. The van der Waals surface area contributed by atoms with E-state index < -0.39 is 42.0 Å². The van der Waals surface area contributed by atoms with Gasteiger partial charge in [-0.3, -0.25) is 38.6 Å². The van der Waals surface area contributed by atoms with E-state index in [0.717, 1.165) is 28.0 Å². The summed E-state index contributed by atoms with van der Waals surface area (Å²) in [5, 5.41) is 5.14. The van der Waals surface area contributed by atoms with E-state index in [2.05, 4.69) is 10.6 Å². The van der Waals surface area contributed by atoms with Gasteiger partial charge in [-0.1, -0.05) is 0 Å². The first-order valence-electron chi connectivity index (χ1n) is 15.3. The first-order chi connectivity index (χ1) is 23.3. The Kier molecular flexibility index (Phi) is 21.2. The summed E-state index contributed by atoms with van der Waals surface area (Å²) in [6.07, 6.45) is 3.27. The molecule has 0 aliphatic carbocycles. The van der Waals surface area contributed by atoms with Gasteiger partial charge in [0, 0.05) is 25.2 Å². The van der Waals surface area contributed by atoms with E-state index >= 15 is 0 Å². The quantitative estimate of drug-likeness (QED) is 0.0377. The van der Waals surface area contributed by atoms with E-state index in [0.29, 0.717) is 59.5 Å². The minimum atomic E-state index is -0.703. The SMILES string of the molecule is NCOCCOCCOCCNC(=O)CN1C(=O)C=C(OCCOCCOCCOCCOCCNC(=O)CN2C(=O)C=CC2=O)C1=O. The highest BCUT2D eigenvalue weighted by molar-refractivity contribution is 6.16. The van der Waals surface area contributed by atoms with Gasteiger partial charge in [-0.2, -0.15) is 0 Å². The van der Waals surface area contributed by atoms with E-state index in [1.807, 2.05) is 0 Å². The van der Waals surface area contributed by atoms with E-state index in [-0.39, 0.29) is 65.2 Å². The van der Waals surface area contributed by atoms with Crippen LogP contribution >= 0.6 is 0 Å². The highest BCUT2D eigenvalue weighted by Crippen LogP contribution is 2.13. The van der Waals surface area contributed by atoms with Crippen molar-refractivity contribution in [2.24, 2.45) is 5.73 Å². The van der Waals surface area contributed by atoms with Crippen molar-refractivity contribution in [1.29, 1.82) is 0 Å². The molecule has 0 fully saturated rings. The Hall–Kier alpha value is -3.82. The molecule has 0 aromatic rings. The van der Waals surface area contributed by atoms with Crippen molar-refractivity contribution in [2.75, 3.05) is 125 Å². The fourth-order valence-corrected chi connectivity index (χ4v) is 3.74. The van der Waals surface area contributed by atoms with Gasteiger partial charge in [-0.15, -0.1) is 0 Å². The largest absolute Gasteiger partial charge is 0.485 e. The van der Waals surface area contributed by atoms with Gasteiger partial charge in [-0.25, -0.2) is 0 Å². The van der Waals surface area contributed by atoms with Gasteiger partial charge in [0.05, 0.1) is 98.7 Å². The van der Waals surface area contributed by atoms with Crippen LogP contribution < -0.4 is 16.4 Å². The maximum Gasteiger partial charge on any atom is 0.296 e. The molecule has 0 bridgehead atoms. The van der Waals surface area contributed by atoms with Gasteiger partial charge in [-0.05, 0) is 0 Å². The number of rotatable bonds is 30. The zero-order chi connectivity index (χ0) is 34.8. The fourth-order valence-electron chi connectivity index (χ4n) is 3.74. The third-order valence-electron chi connectivity index (χ3n) is 6.08. The Morgan fingerprint density at radius 3 is 1.40 bits per heavy atom. The number of nitrogens with two attached hydrogens (primary N) is 1. The van der Waals surface area contributed by atoms with E-state index in [4.69, 9.17) is 43.6 Å². The number of nitrogens with one attached hydrogen (secondary N) is 2. The molecule has 6 amide bonds. The van der Waals surface area contributed by atoms with Crippen LogP contribution in [0.25, 0.3) is 0 Å². The fraction of sp³-hybridized carbons (Fsp3) is 0.655. The van der Waals surface area contributed by atoms with Gasteiger partial charge in [0.1, 0.15) is 19.7 Å². The van der Waals surface area contributed by atoms with Crippen molar-refractivity contribution in [1.82, 2.24) is 20.4 Å². The Labute approximate surface area is 277 Å². The Balaban J connectivity index is 1.35. The number of imide groups is 2. The number of ether oxygens (including phenoxy) is 8. The van der Waals surface area contributed by atoms with E-state index in [1.54, 1.807) is 0 Å². The molecule has 0 radical (unpaired) electrons. The minimum Gasteiger partial charge on any atom is -0.485 e. The number of hydrogen-bond donors (Lipinski definition) is 3. The van der Waals surface area contributed by atoms with Gasteiger partial charge >= 0.3 is 0 Å². The summed E-state index contributed by atoms with van der Waals surface area (Å²) in [6, 6.07) is 0. The van der Waals surface area contributed by atoms with Crippen LogP contribution in [-0.2, 0) is 66.7 Å². The van der Waals surface area contributed by atoms with Gasteiger partial charge < -0.3 is 54.3 Å². The number of carbonyl (C=O) groups excluding carboxylic acids is 6. The smallest absolute Gasteiger partial charge is 0.296 e. The van der Waals surface area contributed by atoms with Crippen LogP contribution in [0.4, 0.5) is 0 Å². The second-order valence-electron chi connectivity index (χ2n) is 9.63. The lowest BCUT2D eigenvalue weighted by atomic mass is 10.4. The molecule has 270 valence electrons. The summed E-state index contributed by atoms with van der Waals surface area (Å²) in [5.41, 5.74) is 5.19. The summed E-state index contributed by atoms with van der Waals surface area (Å²) in [7, 11) is 0. The molecule has 4 N–H and O–H groups in total. The highest BCUT2D eigenvalue weighted by Gasteiger charge is 2.33. The second-order valence-corrected chi connectivity index (χ2v) is 9.63. The third-order valence-corrected chi connectivity index (χ3v) is 6.08. The standard InChI is InChI=1S/C29H45N5O14/c30-22-47-16-15-45-10-8-42-6-4-32-25(36)21-34-28(39)19-23(29(34)40)48-18-17-46-14-13-44-12-11-43-9-7-41-5-3-31-24(35)20-33-26(37)1-2-27(33)38/h1-2,19H,3-18,20-22,30H2,(H,31,35)(H,32,36). The minimum absolute atomic E-state index is 0.0219. The molecule has 0 saturated carbocycles. The van der Waals surface area contributed by atoms with Gasteiger partial charge in [0.25, 0.3) is 23.6 Å². The topological polar surface area (TPSA) is 233 Å². The van der Waals surface area contributed by atoms with Crippen molar-refractivity contribution >= 4 is 35.4 Å². The normalized spacial score (nSPS) is 14.3. The molecule has 0 aromatic heterocycles. The Morgan fingerprint density at radius 1 is 0.542 bits per heavy atom. The molecule has 2 heterocycles. The summed E-state index contributed by atoms with van der Waals surface area (Å²) in [5.74, 6) is -3.51. The maximum atomic E-state index is 12.4. The average molecular weight is 688 g/mol.